The summed E-state index contributed by atoms with van der Waals surface area (Å²) >= 11 is -0.382. The number of allylic oxidation sites excluding steroid dienone is 1. The van der Waals surface area contributed by atoms with Gasteiger partial charge in [-0.2, -0.15) is 0 Å². The van der Waals surface area contributed by atoms with E-state index < -0.39 is 40.1 Å². The molecule has 3 rings (SSSR count). The molecule has 0 N–H and O–H groups in total. The Morgan fingerprint density at radius 2 is 1.56 bits per heavy atom. The molecule has 0 aromatic heterocycles. The first-order valence-electron chi connectivity index (χ1n) is 18.8. The van der Waals surface area contributed by atoms with Gasteiger partial charge < -0.3 is 0 Å². The van der Waals surface area contributed by atoms with Gasteiger partial charge in [-0.05, 0) is 0 Å². The van der Waals surface area contributed by atoms with Crippen molar-refractivity contribution in [3.63, 3.8) is 0 Å². The zero-order valence-electron chi connectivity index (χ0n) is 33.7. The molecular weight excluding hydrogens is 771 g/mol. The Labute approximate surface area is 323 Å². The molecular formula is C41H65O7PSeSi2. The van der Waals surface area contributed by atoms with Crippen LogP contribution in [0, 0.1) is 18.8 Å². The predicted molar refractivity (Wildman–Crippen MR) is 223 cm³/mol. The van der Waals surface area contributed by atoms with Crippen LogP contribution in [0.3, 0.4) is 0 Å². The fourth-order valence-corrected chi connectivity index (χ4v) is 9.99. The number of esters is 2. The summed E-state index contributed by atoms with van der Waals surface area (Å²) in [6.07, 6.45) is 3.92. The van der Waals surface area contributed by atoms with E-state index in [1.807, 2.05) is 51.1 Å². The van der Waals surface area contributed by atoms with E-state index in [4.69, 9.17) is 23.7 Å². The molecule has 0 saturated carbocycles. The molecule has 0 bridgehead atoms. The maximum absolute atomic E-state index is 13.8. The average molecular weight is 836 g/mol. The van der Waals surface area contributed by atoms with Gasteiger partial charge >= 0.3 is 325 Å². The Morgan fingerprint density at radius 3 is 2.15 bits per heavy atom. The van der Waals surface area contributed by atoms with Crippen LogP contribution in [0.5, 0.6) is 5.75 Å². The molecule has 1 heterocycles. The quantitative estimate of drug-likeness (QED) is 0.0604. The summed E-state index contributed by atoms with van der Waals surface area (Å²) < 4.78 is 31.5. The molecule has 1 fully saturated rings. The molecule has 1 aliphatic heterocycles. The van der Waals surface area contributed by atoms with Crippen molar-refractivity contribution in [3.8, 4) is 5.75 Å². The number of aryl methyl sites for hydroxylation is 1. The zero-order valence-corrected chi connectivity index (χ0v) is 38.6. The fraction of sp³-hybridized carbons (Fsp3) is 0.610. The van der Waals surface area contributed by atoms with Gasteiger partial charge in [0.05, 0.1) is 0 Å². The van der Waals surface area contributed by atoms with Crippen molar-refractivity contribution in [1.82, 2.24) is 0 Å². The standard InChI is InChI=1S/C41H65O7PSeSi2/c1-28(2)29(3)18-19-34(46-39(42)31-16-14-13-15-17-31)38-35(47-41(5,6)48-38)20-21-36(50-49)33-27-32(44-22-24-51(7,8)9)26-30(4)37(33)40(43)45-23-25-52(10,11)12/h13-19,26-29,34-36,38,49-50H,20-25H2,1-12H3/b19-18-/t29-,34?,35+,36?,38-/m1/s1. The Morgan fingerprint density at radius 1 is 0.923 bits per heavy atom. The summed E-state index contributed by atoms with van der Waals surface area (Å²) in [5.74, 6) is -0.0578. The van der Waals surface area contributed by atoms with Gasteiger partial charge in [-0.1, -0.05) is 0 Å². The molecule has 7 nitrogen and oxygen atoms in total. The van der Waals surface area contributed by atoms with Gasteiger partial charge in [0.25, 0.3) is 0 Å². The third kappa shape index (κ3) is 14.4. The number of hydrogen-bond donors (Lipinski definition) is 0. The maximum atomic E-state index is 13.8. The van der Waals surface area contributed by atoms with Crippen molar-refractivity contribution in [2.75, 3.05) is 13.2 Å². The van der Waals surface area contributed by atoms with Crippen LogP contribution in [0.15, 0.2) is 54.6 Å². The van der Waals surface area contributed by atoms with Crippen molar-refractivity contribution in [3.05, 3.63) is 76.9 Å². The fourth-order valence-electron chi connectivity index (χ4n) is 5.87. The van der Waals surface area contributed by atoms with Crippen LogP contribution in [-0.2, 0) is 18.9 Å². The Kier molecular flexibility index (Phi) is 16.8. The Balaban J connectivity index is 1.95. The zero-order chi connectivity index (χ0) is 38.9. The van der Waals surface area contributed by atoms with Gasteiger partial charge in [0.15, 0.2) is 0 Å². The minimum absolute atomic E-state index is 0.0430. The van der Waals surface area contributed by atoms with E-state index in [0.717, 1.165) is 35.4 Å². The summed E-state index contributed by atoms with van der Waals surface area (Å²) in [5, 5.41) is 0. The predicted octanol–water partition coefficient (Wildman–Crippen LogP) is 10.1. The molecule has 1 aliphatic rings. The minimum atomic E-state index is -1.38. The third-order valence-electron chi connectivity index (χ3n) is 9.44. The van der Waals surface area contributed by atoms with E-state index in [1.54, 1.807) is 12.1 Å². The molecule has 0 amide bonds. The van der Waals surface area contributed by atoms with Crippen LogP contribution in [0.1, 0.15) is 84.1 Å². The Bertz CT molecular complexity index is 1520. The molecule has 2 aromatic carbocycles. The summed E-state index contributed by atoms with van der Waals surface area (Å²) in [6.45, 7) is 27.2. The van der Waals surface area contributed by atoms with Crippen LogP contribution < -0.4 is 4.74 Å². The van der Waals surface area contributed by atoms with E-state index in [2.05, 4.69) is 79.7 Å². The van der Waals surface area contributed by atoms with E-state index >= 15 is 0 Å². The van der Waals surface area contributed by atoms with Crippen molar-refractivity contribution < 1.29 is 33.3 Å². The van der Waals surface area contributed by atoms with Gasteiger partial charge in [-0.15, -0.1) is 0 Å². The average Bonchev–Trinajstić information content (AvgIpc) is 3.35. The topological polar surface area (TPSA) is 80.3 Å². The first-order chi connectivity index (χ1) is 24.2. The van der Waals surface area contributed by atoms with Gasteiger partial charge in [-0.25, -0.2) is 0 Å². The molecule has 0 radical (unpaired) electrons. The molecule has 1 saturated heterocycles. The van der Waals surface area contributed by atoms with Crippen LogP contribution in [0.25, 0.3) is 0 Å². The van der Waals surface area contributed by atoms with Crippen molar-refractivity contribution >= 4 is 49.6 Å². The molecule has 2 unspecified atom stereocenters. The number of carbonyl (C=O) groups excluding carboxylic acids is 2. The van der Waals surface area contributed by atoms with E-state index in [1.165, 1.54) is 0 Å². The first kappa shape index (κ1) is 44.5. The summed E-state index contributed by atoms with van der Waals surface area (Å²) in [4.78, 5) is 27.2. The molecule has 5 atom stereocenters. The van der Waals surface area contributed by atoms with E-state index in [9.17, 15) is 9.59 Å². The Hall–Kier alpha value is -1.91. The SMILES string of the molecule is Cc1cc(OCC[Si](C)(C)C)cc(C(CC[C@@H]2OC(C)(C)O[C@@H]2C(/C=C\[C@@H](C)C(C)C)OC(=O)c2ccccc2)[SeH]=P)c1C(=O)OCC[Si](C)(C)C. The van der Waals surface area contributed by atoms with Crippen molar-refractivity contribution in [2.24, 2.45) is 11.8 Å². The number of rotatable bonds is 19. The molecule has 11 heteroatoms. The van der Waals surface area contributed by atoms with Gasteiger partial charge in [0.2, 0.25) is 0 Å². The molecule has 52 heavy (non-hydrogen) atoms. The van der Waals surface area contributed by atoms with Gasteiger partial charge in [0.1, 0.15) is 0 Å². The molecule has 0 aliphatic carbocycles. The number of benzene rings is 2. The van der Waals surface area contributed by atoms with Gasteiger partial charge in [-0.3, -0.25) is 0 Å². The van der Waals surface area contributed by atoms with Crippen molar-refractivity contribution in [2.45, 2.75) is 135 Å². The molecule has 0 spiro atoms. The second-order valence-electron chi connectivity index (χ2n) is 17.4. The van der Waals surface area contributed by atoms with E-state index in [-0.39, 0.29) is 36.8 Å². The van der Waals surface area contributed by atoms with Crippen LogP contribution in [-0.4, -0.2) is 79.4 Å². The van der Waals surface area contributed by atoms with Crippen LogP contribution in [0.4, 0.5) is 0 Å². The monoisotopic (exact) mass is 836 g/mol. The summed E-state index contributed by atoms with van der Waals surface area (Å²) in [5.41, 5.74) is 2.93. The van der Waals surface area contributed by atoms with Crippen LogP contribution in [0.2, 0.25) is 51.4 Å². The second kappa shape index (κ2) is 19.6. The molecule has 2 aromatic rings. The normalized spacial score (nSPS) is 19.4. The van der Waals surface area contributed by atoms with Crippen molar-refractivity contribution in [1.29, 1.82) is 0 Å². The first-order valence-corrected chi connectivity index (χ1v) is 30.6. The van der Waals surface area contributed by atoms with E-state index in [0.29, 0.717) is 36.7 Å². The number of ether oxygens (including phenoxy) is 5. The number of hydrogen-bond acceptors (Lipinski definition) is 7. The summed E-state index contributed by atoms with van der Waals surface area (Å²) in [7, 11) is 1.28. The van der Waals surface area contributed by atoms with Crippen LogP contribution >= 0.6 is 7.49 Å². The molecule has 290 valence electrons. The number of carbonyl (C=O) groups is 2. The second-order valence-corrected chi connectivity index (χ2v) is 31.8. The summed E-state index contributed by atoms with van der Waals surface area (Å²) in [6, 6.07) is 15.1. The third-order valence-corrected chi connectivity index (χ3v) is 16.2. The van der Waals surface area contributed by atoms with Gasteiger partial charge in [0, 0.05) is 0 Å².